The molecule has 0 unspecified atom stereocenters. The summed E-state index contributed by atoms with van der Waals surface area (Å²) in [5.41, 5.74) is 4.77. The minimum absolute atomic E-state index is 0.0416. The highest BCUT2D eigenvalue weighted by molar-refractivity contribution is 7.89. The fourth-order valence-electron chi connectivity index (χ4n) is 4.82. The topological polar surface area (TPSA) is 75.5 Å². The van der Waals surface area contributed by atoms with E-state index in [9.17, 15) is 17.6 Å². The van der Waals surface area contributed by atoms with Crippen molar-refractivity contribution >= 4 is 21.6 Å². The molecular formula is C29H29FN4O3S. The summed E-state index contributed by atoms with van der Waals surface area (Å²) in [7, 11) is -1.91. The van der Waals surface area contributed by atoms with Gasteiger partial charge in [-0.3, -0.25) is 9.48 Å². The van der Waals surface area contributed by atoms with E-state index in [-0.39, 0.29) is 23.5 Å². The summed E-state index contributed by atoms with van der Waals surface area (Å²) in [4.78, 5) is 15.3. The zero-order valence-corrected chi connectivity index (χ0v) is 22.4. The van der Waals surface area contributed by atoms with Crippen LogP contribution >= 0.6 is 0 Å². The molecule has 196 valence electrons. The van der Waals surface area contributed by atoms with Crippen LogP contribution in [0.5, 0.6) is 0 Å². The molecule has 0 bridgehead atoms. The van der Waals surface area contributed by atoms with E-state index in [1.807, 2.05) is 45.2 Å². The SMILES string of the molecule is Cc1ccc(S(=O)(=O)N2CCc3c(c(CN(C(=O)c4ccccc4F)c4ccccc4)nn3C)C2)cc1C. The van der Waals surface area contributed by atoms with Crippen LogP contribution in [0.3, 0.4) is 0 Å². The normalized spacial score (nSPS) is 13.8. The summed E-state index contributed by atoms with van der Waals surface area (Å²) in [5.74, 6) is -1.10. The molecule has 0 N–H and O–H groups in total. The Bertz CT molecular complexity index is 1620. The highest BCUT2D eigenvalue weighted by Crippen LogP contribution is 2.30. The maximum Gasteiger partial charge on any atom is 0.261 e. The lowest BCUT2D eigenvalue weighted by molar-refractivity contribution is 0.0980. The molecule has 4 aromatic rings. The Kier molecular flexibility index (Phi) is 6.90. The van der Waals surface area contributed by atoms with Crippen LogP contribution in [0.4, 0.5) is 10.1 Å². The fraction of sp³-hybridized carbons (Fsp3) is 0.241. The molecule has 0 atom stereocenters. The molecule has 0 radical (unpaired) electrons. The average molecular weight is 533 g/mol. The van der Waals surface area contributed by atoms with Crippen molar-refractivity contribution in [3.63, 3.8) is 0 Å². The number of halogens is 1. The van der Waals surface area contributed by atoms with Gasteiger partial charge in [-0.2, -0.15) is 9.40 Å². The van der Waals surface area contributed by atoms with Crippen molar-refractivity contribution in [1.82, 2.24) is 14.1 Å². The second kappa shape index (κ2) is 10.2. The number of carbonyl (C=O) groups excluding carboxylic acids is 1. The van der Waals surface area contributed by atoms with Gasteiger partial charge in [0.2, 0.25) is 10.0 Å². The van der Waals surface area contributed by atoms with Crippen molar-refractivity contribution in [2.45, 2.75) is 38.3 Å². The van der Waals surface area contributed by atoms with Gasteiger partial charge in [0, 0.05) is 43.5 Å². The Morgan fingerprint density at radius 3 is 2.42 bits per heavy atom. The number of fused-ring (bicyclic) bond motifs is 1. The maximum atomic E-state index is 14.6. The van der Waals surface area contributed by atoms with Crippen molar-refractivity contribution in [2.24, 2.45) is 7.05 Å². The van der Waals surface area contributed by atoms with Crippen LogP contribution in [-0.4, -0.2) is 35.0 Å². The third kappa shape index (κ3) is 4.75. The number of amides is 1. The van der Waals surface area contributed by atoms with Gasteiger partial charge in [-0.1, -0.05) is 36.4 Å². The molecule has 1 aliphatic rings. The summed E-state index contributed by atoms with van der Waals surface area (Å²) in [6, 6.07) is 20.1. The highest BCUT2D eigenvalue weighted by atomic mass is 32.2. The van der Waals surface area contributed by atoms with Gasteiger partial charge in [-0.05, 0) is 61.4 Å². The molecule has 1 amide bonds. The number of aromatic nitrogens is 2. The number of hydrogen-bond acceptors (Lipinski definition) is 4. The third-order valence-electron chi connectivity index (χ3n) is 7.13. The van der Waals surface area contributed by atoms with E-state index in [1.54, 1.807) is 41.1 Å². The summed E-state index contributed by atoms with van der Waals surface area (Å²) in [6.07, 6.45) is 0.496. The Balaban J connectivity index is 1.50. The Morgan fingerprint density at radius 1 is 1.00 bits per heavy atom. The zero-order valence-electron chi connectivity index (χ0n) is 21.6. The van der Waals surface area contributed by atoms with Crippen molar-refractivity contribution in [2.75, 3.05) is 11.4 Å². The number of anilines is 1. The Morgan fingerprint density at radius 2 is 1.71 bits per heavy atom. The van der Waals surface area contributed by atoms with Crippen molar-refractivity contribution in [3.05, 3.63) is 112 Å². The largest absolute Gasteiger partial charge is 0.302 e. The minimum atomic E-state index is -3.73. The first-order chi connectivity index (χ1) is 18.2. The first-order valence-corrected chi connectivity index (χ1v) is 13.8. The van der Waals surface area contributed by atoms with Gasteiger partial charge in [-0.15, -0.1) is 0 Å². The molecule has 9 heteroatoms. The average Bonchev–Trinajstić information content (AvgIpc) is 3.23. The lowest BCUT2D eigenvalue weighted by Crippen LogP contribution is -2.37. The van der Waals surface area contributed by atoms with Crippen LogP contribution in [-0.2, 0) is 36.6 Å². The quantitative estimate of drug-likeness (QED) is 0.359. The van der Waals surface area contributed by atoms with Crippen LogP contribution in [0, 0.1) is 19.7 Å². The number of aryl methyl sites for hydroxylation is 3. The van der Waals surface area contributed by atoms with E-state index in [4.69, 9.17) is 0 Å². The zero-order chi connectivity index (χ0) is 27.0. The van der Waals surface area contributed by atoms with Crippen LogP contribution < -0.4 is 4.90 Å². The number of benzene rings is 3. The van der Waals surface area contributed by atoms with Crippen LogP contribution in [0.15, 0.2) is 77.7 Å². The van der Waals surface area contributed by atoms with E-state index in [0.29, 0.717) is 24.3 Å². The van der Waals surface area contributed by atoms with Crippen molar-refractivity contribution in [3.8, 4) is 0 Å². The number of para-hydroxylation sites is 1. The molecule has 0 aliphatic carbocycles. The Hall–Kier alpha value is -3.82. The molecule has 0 saturated carbocycles. The van der Waals surface area contributed by atoms with E-state index in [1.165, 1.54) is 21.3 Å². The van der Waals surface area contributed by atoms with Gasteiger partial charge < -0.3 is 4.90 Å². The summed E-state index contributed by atoms with van der Waals surface area (Å²) in [5, 5.41) is 4.68. The van der Waals surface area contributed by atoms with E-state index < -0.39 is 21.7 Å². The van der Waals surface area contributed by atoms with Gasteiger partial charge in [0.05, 0.1) is 22.7 Å². The standard InChI is InChI=1S/C29H29FN4O3S/c1-20-13-14-23(17-21(20)2)38(36,37)33-16-15-28-25(18-33)27(31-32(28)3)19-34(22-9-5-4-6-10-22)29(35)24-11-7-8-12-26(24)30/h4-14,17H,15-16,18-19H2,1-3H3. The third-order valence-corrected chi connectivity index (χ3v) is 8.97. The minimum Gasteiger partial charge on any atom is -0.302 e. The van der Waals surface area contributed by atoms with Crippen molar-refractivity contribution in [1.29, 1.82) is 0 Å². The number of rotatable bonds is 6. The Labute approximate surface area is 222 Å². The molecule has 2 heterocycles. The molecule has 3 aromatic carbocycles. The van der Waals surface area contributed by atoms with Gasteiger partial charge in [0.25, 0.3) is 5.91 Å². The molecule has 1 aliphatic heterocycles. The number of sulfonamides is 1. The van der Waals surface area contributed by atoms with E-state index in [2.05, 4.69) is 5.10 Å². The molecule has 38 heavy (non-hydrogen) atoms. The number of hydrogen-bond donors (Lipinski definition) is 0. The summed E-state index contributed by atoms with van der Waals surface area (Å²) < 4.78 is 44.9. The second-order valence-corrected chi connectivity index (χ2v) is 11.5. The molecule has 7 nitrogen and oxygen atoms in total. The molecular weight excluding hydrogens is 503 g/mol. The number of nitrogens with zero attached hydrogens (tertiary/aromatic N) is 4. The number of carbonyl (C=O) groups is 1. The maximum absolute atomic E-state index is 14.6. The smallest absolute Gasteiger partial charge is 0.261 e. The molecule has 5 rings (SSSR count). The first-order valence-electron chi connectivity index (χ1n) is 12.4. The lowest BCUT2D eigenvalue weighted by atomic mass is 10.1. The van der Waals surface area contributed by atoms with E-state index in [0.717, 1.165) is 22.4 Å². The van der Waals surface area contributed by atoms with Gasteiger partial charge in [0.15, 0.2) is 0 Å². The van der Waals surface area contributed by atoms with Crippen molar-refractivity contribution < 1.29 is 17.6 Å². The highest BCUT2D eigenvalue weighted by Gasteiger charge is 2.33. The fourth-order valence-corrected chi connectivity index (χ4v) is 6.31. The van der Waals surface area contributed by atoms with Crippen LogP contribution in [0.1, 0.15) is 38.4 Å². The summed E-state index contributed by atoms with van der Waals surface area (Å²) in [6.45, 7) is 4.38. The first kappa shape index (κ1) is 25.8. The predicted octanol–water partition coefficient (Wildman–Crippen LogP) is 4.77. The van der Waals surface area contributed by atoms with E-state index >= 15 is 0 Å². The van der Waals surface area contributed by atoms with Crippen LogP contribution in [0.2, 0.25) is 0 Å². The molecule has 0 spiro atoms. The van der Waals surface area contributed by atoms with Gasteiger partial charge >= 0.3 is 0 Å². The van der Waals surface area contributed by atoms with Crippen LogP contribution in [0.25, 0.3) is 0 Å². The monoisotopic (exact) mass is 532 g/mol. The molecule has 0 fully saturated rings. The molecule has 1 aromatic heterocycles. The lowest BCUT2D eigenvalue weighted by Gasteiger charge is -2.28. The summed E-state index contributed by atoms with van der Waals surface area (Å²) >= 11 is 0. The van der Waals surface area contributed by atoms with Gasteiger partial charge in [0.1, 0.15) is 5.82 Å². The predicted molar refractivity (Wildman–Crippen MR) is 144 cm³/mol. The second-order valence-electron chi connectivity index (χ2n) is 9.54. The molecule has 0 saturated heterocycles. The van der Waals surface area contributed by atoms with Gasteiger partial charge in [-0.25, -0.2) is 12.8 Å².